The number of amides is 1. The van der Waals surface area contributed by atoms with Crippen LogP contribution in [0.2, 0.25) is 0 Å². The van der Waals surface area contributed by atoms with Gasteiger partial charge in [-0.3, -0.25) is 9.10 Å². The van der Waals surface area contributed by atoms with E-state index in [9.17, 15) is 13.2 Å². The highest BCUT2D eigenvalue weighted by molar-refractivity contribution is 7.93. The SMILES string of the molecule is CN(C(=O)CN1c2cccc3cccc(c23)S1(=O)=O)C1CCCCC1. The lowest BCUT2D eigenvalue weighted by Gasteiger charge is -2.32. The number of carbonyl (C=O) groups excluding carboxylic acids is 1. The van der Waals surface area contributed by atoms with Crippen molar-refractivity contribution in [3.63, 3.8) is 0 Å². The van der Waals surface area contributed by atoms with Crippen molar-refractivity contribution in [2.45, 2.75) is 43.0 Å². The van der Waals surface area contributed by atoms with Crippen molar-refractivity contribution in [1.82, 2.24) is 4.90 Å². The minimum absolute atomic E-state index is 0.136. The summed E-state index contributed by atoms with van der Waals surface area (Å²) in [5, 5.41) is 1.60. The second-order valence-electron chi connectivity index (χ2n) is 6.94. The summed E-state index contributed by atoms with van der Waals surface area (Å²) in [6.45, 7) is -0.136. The fraction of sp³-hybridized carbons (Fsp3) is 0.421. The average Bonchev–Trinajstić information content (AvgIpc) is 2.85. The molecule has 2 aromatic carbocycles. The monoisotopic (exact) mass is 358 g/mol. The summed E-state index contributed by atoms with van der Waals surface area (Å²) in [5.74, 6) is -0.139. The van der Waals surface area contributed by atoms with Gasteiger partial charge in [-0.05, 0) is 30.4 Å². The number of benzene rings is 2. The topological polar surface area (TPSA) is 57.7 Å². The molecule has 2 aliphatic rings. The molecule has 0 N–H and O–H groups in total. The fourth-order valence-electron chi connectivity index (χ4n) is 4.03. The average molecular weight is 358 g/mol. The van der Waals surface area contributed by atoms with Gasteiger partial charge in [0.2, 0.25) is 5.91 Å². The summed E-state index contributed by atoms with van der Waals surface area (Å²) in [6.07, 6.45) is 5.50. The van der Waals surface area contributed by atoms with Crippen LogP contribution >= 0.6 is 0 Å². The molecule has 0 saturated heterocycles. The van der Waals surface area contributed by atoms with Gasteiger partial charge < -0.3 is 4.90 Å². The van der Waals surface area contributed by atoms with E-state index >= 15 is 0 Å². The Labute approximate surface area is 148 Å². The van der Waals surface area contributed by atoms with Gasteiger partial charge in [0.25, 0.3) is 10.0 Å². The Bertz CT molecular complexity index is 928. The van der Waals surface area contributed by atoms with Gasteiger partial charge in [0.15, 0.2) is 0 Å². The van der Waals surface area contributed by atoms with E-state index in [0.717, 1.165) is 36.5 Å². The molecular weight excluding hydrogens is 336 g/mol. The highest BCUT2D eigenvalue weighted by Gasteiger charge is 2.37. The molecular formula is C19H22N2O3S. The molecule has 0 bridgehead atoms. The highest BCUT2D eigenvalue weighted by Crippen LogP contribution is 2.41. The third kappa shape index (κ3) is 2.59. The maximum Gasteiger partial charge on any atom is 0.265 e. The first-order valence-corrected chi connectivity index (χ1v) is 10.2. The lowest BCUT2D eigenvalue weighted by atomic mass is 9.94. The Morgan fingerprint density at radius 2 is 1.80 bits per heavy atom. The molecule has 6 heteroatoms. The van der Waals surface area contributed by atoms with E-state index in [4.69, 9.17) is 0 Å². The maximum atomic E-state index is 13.0. The normalized spacial score (nSPS) is 19.3. The van der Waals surface area contributed by atoms with Gasteiger partial charge in [0.05, 0.1) is 10.6 Å². The second-order valence-corrected chi connectivity index (χ2v) is 8.77. The van der Waals surface area contributed by atoms with Crippen molar-refractivity contribution in [1.29, 1.82) is 0 Å². The maximum absolute atomic E-state index is 13.0. The van der Waals surface area contributed by atoms with Crippen molar-refractivity contribution >= 4 is 32.4 Å². The van der Waals surface area contributed by atoms with E-state index in [0.29, 0.717) is 10.6 Å². The fourth-order valence-corrected chi connectivity index (χ4v) is 5.69. The first-order chi connectivity index (χ1) is 12.0. The van der Waals surface area contributed by atoms with Gasteiger partial charge in [-0.2, -0.15) is 0 Å². The summed E-state index contributed by atoms with van der Waals surface area (Å²) in [7, 11) is -1.87. The Balaban J connectivity index is 1.65. The minimum Gasteiger partial charge on any atom is -0.341 e. The molecule has 132 valence electrons. The molecule has 1 fully saturated rings. The van der Waals surface area contributed by atoms with Crippen LogP contribution < -0.4 is 4.31 Å². The van der Waals surface area contributed by atoms with Gasteiger partial charge in [-0.25, -0.2) is 8.42 Å². The van der Waals surface area contributed by atoms with Crippen LogP contribution in [0.4, 0.5) is 5.69 Å². The first-order valence-electron chi connectivity index (χ1n) is 8.80. The van der Waals surface area contributed by atoms with Crippen LogP contribution in [0.3, 0.4) is 0 Å². The van der Waals surface area contributed by atoms with Gasteiger partial charge in [0, 0.05) is 18.5 Å². The number of hydrogen-bond donors (Lipinski definition) is 0. The zero-order valence-electron chi connectivity index (χ0n) is 14.3. The van der Waals surface area contributed by atoms with Gasteiger partial charge >= 0.3 is 0 Å². The molecule has 0 aromatic heterocycles. The van der Waals surface area contributed by atoms with Crippen molar-refractivity contribution < 1.29 is 13.2 Å². The number of likely N-dealkylation sites (N-methyl/N-ethyl adjacent to an activating group) is 1. The van der Waals surface area contributed by atoms with Gasteiger partial charge in [-0.15, -0.1) is 0 Å². The standard InChI is InChI=1S/C19H22N2O3S/c1-20(15-9-3-2-4-10-15)18(22)13-21-16-11-5-7-14-8-6-12-17(19(14)16)25(21,23)24/h5-8,11-12,15H,2-4,9-10,13H2,1H3. The number of hydrogen-bond acceptors (Lipinski definition) is 3. The van der Waals surface area contributed by atoms with Crippen LogP contribution in [-0.2, 0) is 14.8 Å². The molecule has 1 amide bonds. The van der Waals surface area contributed by atoms with E-state index in [1.54, 1.807) is 30.1 Å². The summed E-state index contributed by atoms with van der Waals surface area (Å²) >= 11 is 0. The smallest absolute Gasteiger partial charge is 0.265 e. The van der Waals surface area contributed by atoms with E-state index in [2.05, 4.69) is 0 Å². The predicted octanol–water partition coefficient (Wildman–Crippen LogP) is 3.14. The van der Waals surface area contributed by atoms with E-state index in [-0.39, 0.29) is 18.5 Å². The molecule has 0 unspecified atom stereocenters. The Morgan fingerprint density at radius 3 is 2.52 bits per heavy atom. The summed E-state index contributed by atoms with van der Waals surface area (Å²) in [5.41, 5.74) is 0.610. The lowest BCUT2D eigenvalue weighted by molar-refractivity contribution is -0.130. The number of sulfonamides is 1. The first kappa shape index (κ1) is 16.4. The van der Waals surface area contributed by atoms with Crippen LogP contribution in [0.25, 0.3) is 10.8 Å². The molecule has 5 nitrogen and oxygen atoms in total. The molecule has 0 radical (unpaired) electrons. The third-order valence-corrected chi connectivity index (χ3v) is 7.28. The lowest BCUT2D eigenvalue weighted by Crippen LogP contribution is -2.45. The van der Waals surface area contributed by atoms with Crippen LogP contribution in [0, 0.1) is 0 Å². The Hall–Kier alpha value is -2.08. The molecule has 1 saturated carbocycles. The van der Waals surface area contributed by atoms with Crippen LogP contribution in [0.15, 0.2) is 41.3 Å². The van der Waals surface area contributed by atoms with Gasteiger partial charge in [-0.1, -0.05) is 43.5 Å². The number of carbonyl (C=O) groups is 1. The third-order valence-electron chi connectivity index (χ3n) is 5.48. The number of rotatable bonds is 3. The number of anilines is 1. The van der Waals surface area contributed by atoms with Crippen molar-refractivity contribution in [3.8, 4) is 0 Å². The molecule has 25 heavy (non-hydrogen) atoms. The van der Waals surface area contributed by atoms with Crippen molar-refractivity contribution in [2.24, 2.45) is 0 Å². The summed E-state index contributed by atoms with van der Waals surface area (Å²) in [4.78, 5) is 14.8. The van der Waals surface area contributed by atoms with Crippen LogP contribution in [-0.4, -0.2) is 38.9 Å². The predicted molar refractivity (Wildman–Crippen MR) is 98.1 cm³/mol. The quantitative estimate of drug-likeness (QED) is 0.847. The molecule has 4 rings (SSSR count). The molecule has 1 aliphatic heterocycles. The molecule has 0 spiro atoms. The van der Waals surface area contributed by atoms with E-state index in [1.807, 2.05) is 18.2 Å². The van der Waals surface area contributed by atoms with Crippen molar-refractivity contribution in [3.05, 3.63) is 36.4 Å². The highest BCUT2D eigenvalue weighted by atomic mass is 32.2. The Morgan fingerprint density at radius 1 is 1.12 bits per heavy atom. The number of nitrogens with zero attached hydrogens (tertiary/aromatic N) is 2. The van der Waals surface area contributed by atoms with E-state index < -0.39 is 10.0 Å². The summed E-state index contributed by atoms with van der Waals surface area (Å²) in [6, 6.07) is 11.0. The van der Waals surface area contributed by atoms with Crippen LogP contribution in [0.5, 0.6) is 0 Å². The second kappa shape index (κ2) is 6.02. The minimum atomic E-state index is -3.67. The molecule has 1 heterocycles. The zero-order valence-corrected chi connectivity index (χ0v) is 15.1. The molecule has 2 aromatic rings. The van der Waals surface area contributed by atoms with Gasteiger partial charge in [0.1, 0.15) is 6.54 Å². The molecule has 1 aliphatic carbocycles. The molecule has 0 atom stereocenters. The van der Waals surface area contributed by atoms with Crippen LogP contribution in [0.1, 0.15) is 32.1 Å². The Kier molecular flexibility index (Phi) is 3.95. The largest absolute Gasteiger partial charge is 0.341 e. The van der Waals surface area contributed by atoms with E-state index in [1.165, 1.54) is 10.7 Å². The summed E-state index contributed by atoms with van der Waals surface area (Å²) < 4.78 is 27.2. The van der Waals surface area contributed by atoms with Crippen molar-refractivity contribution in [2.75, 3.05) is 17.9 Å². The zero-order chi connectivity index (χ0) is 17.6.